The third kappa shape index (κ3) is 8.28. The maximum absolute atomic E-state index is 13.7. The standard InChI is InChI=1S/C24H34FNO2/c1-4-5-6-7-8-15-27-22-11-9-20(10-12-22)24-14-13-23(17-26-24)28-18-21(25)16-19(2)3/h9-14,17,19,21H,4-8,15-16,18H2,1-3H3. The van der Waals surface area contributed by atoms with E-state index in [0.717, 1.165) is 30.0 Å². The monoisotopic (exact) mass is 387 g/mol. The van der Waals surface area contributed by atoms with Crippen LogP contribution in [0.4, 0.5) is 4.39 Å². The van der Waals surface area contributed by atoms with Crippen LogP contribution in [-0.4, -0.2) is 24.4 Å². The summed E-state index contributed by atoms with van der Waals surface area (Å²) in [6, 6.07) is 11.7. The van der Waals surface area contributed by atoms with E-state index in [1.807, 2.05) is 50.2 Å². The molecule has 0 saturated heterocycles. The van der Waals surface area contributed by atoms with Gasteiger partial charge in [0.05, 0.1) is 18.5 Å². The lowest BCUT2D eigenvalue weighted by Crippen LogP contribution is -2.15. The van der Waals surface area contributed by atoms with Crippen LogP contribution in [0.3, 0.4) is 0 Å². The molecule has 0 aliphatic heterocycles. The Morgan fingerprint density at radius 3 is 2.25 bits per heavy atom. The predicted octanol–water partition coefficient (Wildman–Crippen LogP) is 6.86. The normalized spacial score (nSPS) is 12.2. The summed E-state index contributed by atoms with van der Waals surface area (Å²) < 4.78 is 25.0. The molecule has 1 aromatic carbocycles. The van der Waals surface area contributed by atoms with Gasteiger partial charge in [-0.15, -0.1) is 0 Å². The van der Waals surface area contributed by atoms with Crippen LogP contribution in [0.5, 0.6) is 11.5 Å². The number of alkyl halides is 1. The highest BCUT2D eigenvalue weighted by Crippen LogP contribution is 2.23. The molecule has 1 aromatic heterocycles. The molecule has 2 aromatic rings. The molecular weight excluding hydrogens is 353 g/mol. The van der Waals surface area contributed by atoms with Crippen molar-refractivity contribution in [1.29, 1.82) is 0 Å². The van der Waals surface area contributed by atoms with Crippen molar-refractivity contribution in [1.82, 2.24) is 4.98 Å². The van der Waals surface area contributed by atoms with Crippen molar-refractivity contribution in [2.45, 2.75) is 65.5 Å². The molecule has 0 aliphatic rings. The van der Waals surface area contributed by atoms with Crippen LogP contribution in [0.1, 0.15) is 59.3 Å². The second-order valence-corrected chi connectivity index (χ2v) is 7.70. The second-order valence-electron chi connectivity index (χ2n) is 7.70. The van der Waals surface area contributed by atoms with Crippen molar-refractivity contribution in [2.24, 2.45) is 5.92 Å². The molecule has 0 saturated carbocycles. The Morgan fingerprint density at radius 2 is 1.61 bits per heavy atom. The molecule has 0 bridgehead atoms. The first kappa shape index (κ1) is 22.2. The number of hydrogen-bond donors (Lipinski definition) is 0. The molecule has 4 heteroatoms. The van der Waals surface area contributed by atoms with E-state index >= 15 is 0 Å². The van der Waals surface area contributed by atoms with Crippen LogP contribution in [0.2, 0.25) is 0 Å². The summed E-state index contributed by atoms with van der Waals surface area (Å²) in [7, 11) is 0. The second kappa shape index (κ2) is 12.4. The van der Waals surface area contributed by atoms with Crippen LogP contribution >= 0.6 is 0 Å². The number of rotatable bonds is 13. The molecule has 28 heavy (non-hydrogen) atoms. The number of ether oxygens (including phenoxy) is 2. The Bertz CT molecular complexity index is 655. The van der Waals surface area contributed by atoms with E-state index in [0.29, 0.717) is 18.1 Å². The zero-order valence-corrected chi connectivity index (χ0v) is 17.5. The average molecular weight is 388 g/mol. The third-order valence-corrected chi connectivity index (χ3v) is 4.56. The number of aromatic nitrogens is 1. The van der Waals surface area contributed by atoms with Gasteiger partial charge in [0, 0.05) is 5.56 Å². The van der Waals surface area contributed by atoms with Crippen molar-refractivity contribution in [2.75, 3.05) is 13.2 Å². The van der Waals surface area contributed by atoms with Crippen molar-refractivity contribution in [3.05, 3.63) is 42.6 Å². The van der Waals surface area contributed by atoms with Gasteiger partial charge in [-0.2, -0.15) is 0 Å². The van der Waals surface area contributed by atoms with Gasteiger partial charge in [-0.05, 0) is 55.2 Å². The number of nitrogens with zero attached hydrogens (tertiary/aromatic N) is 1. The summed E-state index contributed by atoms with van der Waals surface area (Å²) in [6.45, 7) is 7.07. The summed E-state index contributed by atoms with van der Waals surface area (Å²) >= 11 is 0. The Labute approximate surface area is 169 Å². The zero-order valence-electron chi connectivity index (χ0n) is 17.5. The van der Waals surface area contributed by atoms with Crippen molar-refractivity contribution < 1.29 is 13.9 Å². The minimum Gasteiger partial charge on any atom is -0.494 e. The largest absolute Gasteiger partial charge is 0.494 e. The molecule has 1 unspecified atom stereocenters. The van der Waals surface area contributed by atoms with E-state index in [9.17, 15) is 4.39 Å². The van der Waals surface area contributed by atoms with Gasteiger partial charge in [0.15, 0.2) is 0 Å². The molecule has 1 heterocycles. The smallest absolute Gasteiger partial charge is 0.137 e. The SMILES string of the molecule is CCCCCCCOc1ccc(-c2ccc(OCC(F)CC(C)C)cn2)cc1. The van der Waals surface area contributed by atoms with Crippen LogP contribution < -0.4 is 9.47 Å². The van der Waals surface area contributed by atoms with Crippen molar-refractivity contribution in [3.63, 3.8) is 0 Å². The minimum atomic E-state index is -0.945. The Kier molecular flexibility index (Phi) is 9.81. The molecule has 0 amide bonds. The van der Waals surface area contributed by atoms with E-state index in [1.165, 1.54) is 25.7 Å². The van der Waals surface area contributed by atoms with Gasteiger partial charge >= 0.3 is 0 Å². The predicted molar refractivity (Wildman–Crippen MR) is 114 cm³/mol. The van der Waals surface area contributed by atoms with Crippen molar-refractivity contribution in [3.8, 4) is 22.8 Å². The molecule has 1 atom stereocenters. The molecule has 0 aliphatic carbocycles. The lowest BCUT2D eigenvalue weighted by atomic mass is 10.1. The van der Waals surface area contributed by atoms with Crippen molar-refractivity contribution >= 4 is 0 Å². The highest BCUT2D eigenvalue weighted by Gasteiger charge is 2.10. The van der Waals surface area contributed by atoms with Gasteiger partial charge < -0.3 is 9.47 Å². The zero-order chi connectivity index (χ0) is 20.2. The molecule has 2 rings (SSSR count). The van der Waals surface area contributed by atoms with E-state index < -0.39 is 6.17 Å². The minimum absolute atomic E-state index is 0.0731. The van der Waals surface area contributed by atoms with Gasteiger partial charge in [-0.1, -0.05) is 46.5 Å². The Hall–Kier alpha value is -2.10. The first-order valence-corrected chi connectivity index (χ1v) is 10.5. The lowest BCUT2D eigenvalue weighted by Gasteiger charge is -2.12. The van der Waals surface area contributed by atoms with Crippen LogP contribution in [0, 0.1) is 5.92 Å². The fourth-order valence-electron chi connectivity index (χ4n) is 3.02. The maximum atomic E-state index is 13.7. The number of hydrogen-bond acceptors (Lipinski definition) is 3. The van der Waals surface area contributed by atoms with Crippen LogP contribution in [0.25, 0.3) is 11.3 Å². The van der Waals surface area contributed by atoms with E-state index in [2.05, 4.69) is 11.9 Å². The highest BCUT2D eigenvalue weighted by molar-refractivity contribution is 5.60. The first-order chi connectivity index (χ1) is 13.6. The lowest BCUT2D eigenvalue weighted by molar-refractivity contribution is 0.173. The number of benzene rings is 1. The summed E-state index contributed by atoms with van der Waals surface area (Å²) in [4.78, 5) is 4.43. The van der Waals surface area contributed by atoms with Gasteiger partial charge in [0.25, 0.3) is 0 Å². The number of unbranched alkanes of at least 4 members (excludes halogenated alkanes) is 4. The Morgan fingerprint density at radius 1 is 0.893 bits per heavy atom. The van der Waals surface area contributed by atoms with E-state index in [4.69, 9.17) is 9.47 Å². The third-order valence-electron chi connectivity index (χ3n) is 4.56. The number of pyridine rings is 1. The molecular formula is C24H34FNO2. The average Bonchev–Trinajstić information content (AvgIpc) is 2.69. The number of halogens is 1. The molecule has 0 fully saturated rings. The maximum Gasteiger partial charge on any atom is 0.137 e. The Balaban J connectivity index is 1.78. The van der Waals surface area contributed by atoms with Gasteiger partial charge in [-0.25, -0.2) is 4.39 Å². The fraction of sp³-hybridized carbons (Fsp3) is 0.542. The van der Waals surface area contributed by atoms with Crippen LogP contribution in [0.15, 0.2) is 42.6 Å². The summed E-state index contributed by atoms with van der Waals surface area (Å²) in [5, 5.41) is 0. The van der Waals surface area contributed by atoms with E-state index in [1.54, 1.807) is 6.20 Å². The van der Waals surface area contributed by atoms with Crippen LogP contribution in [-0.2, 0) is 0 Å². The molecule has 0 radical (unpaired) electrons. The first-order valence-electron chi connectivity index (χ1n) is 10.5. The van der Waals surface area contributed by atoms with E-state index in [-0.39, 0.29) is 6.61 Å². The molecule has 0 spiro atoms. The highest BCUT2D eigenvalue weighted by atomic mass is 19.1. The summed E-state index contributed by atoms with van der Waals surface area (Å²) in [5.74, 6) is 1.81. The molecule has 0 N–H and O–H groups in total. The fourth-order valence-corrected chi connectivity index (χ4v) is 3.02. The topological polar surface area (TPSA) is 31.4 Å². The van der Waals surface area contributed by atoms with Gasteiger partial charge in [0.2, 0.25) is 0 Å². The summed E-state index contributed by atoms with van der Waals surface area (Å²) in [5.41, 5.74) is 1.88. The summed E-state index contributed by atoms with van der Waals surface area (Å²) in [6.07, 6.45) is 7.39. The quantitative estimate of drug-likeness (QED) is 0.352. The molecule has 3 nitrogen and oxygen atoms in total. The van der Waals surface area contributed by atoms with Gasteiger partial charge in [0.1, 0.15) is 24.3 Å². The van der Waals surface area contributed by atoms with Gasteiger partial charge in [-0.3, -0.25) is 4.98 Å². The molecule has 154 valence electrons.